The van der Waals surface area contributed by atoms with Gasteiger partial charge in [-0.2, -0.15) is 4.31 Å². The van der Waals surface area contributed by atoms with Gasteiger partial charge >= 0.3 is 6.01 Å². The van der Waals surface area contributed by atoms with Crippen molar-refractivity contribution >= 4 is 33.3 Å². The van der Waals surface area contributed by atoms with Crippen LogP contribution in [0, 0.1) is 0 Å². The number of sulfonamides is 1. The molecule has 0 saturated carbocycles. The Morgan fingerprint density at radius 2 is 2.07 bits per heavy atom. The van der Waals surface area contributed by atoms with Crippen molar-refractivity contribution in [3.63, 3.8) is 0 Å². The monoisotopic (exact) mass is 448 g/mol. The maximum absolute atomic E-state index is 12.7. The molecule has 9 nitrogen and oxygen atoms in total. The van der Waals surface area contributed by atoms with Crippen molar-refractivity contribution in [2.45, 2.75) is 23.8 Å². The number of hydrogen-bond donors (Lipinski definition) is 1. The first-order chi connectivity index (χ1) is 14.4. The number of amides is 1. The number of nitrogens with zero attached hydrogens (tertiary/aromatic N) is 3. The third-order valence-electron chi connectivity index (χ3n) is 4.69. The Morgan fingerprint density at radius 1 is 1.27 bits per heavy atom. The molecule has 1 fully saturated rings. The summed E-state index contributed by atoms with van der Waals surface area (Å²) in [4.78, 5) is 13.3. The van der Waals surface area contributed by atoms with Gasteiger partial charge < -0.3 is 9.15 Å². The number of thiophene rings is 1. The fourth-order valence-corrected chi connectivity index (χ4v) is 4.92. The summed E-state index contributed by atoms with van der Waals surface area (Å²) in [6, 6.07) is 9.35. The molecule has 1 N–H and O–H groups in total. The Kier molecular flexibility index (Phi) is 5.95. The molecule has 1 atom stereocenters. The maximum atomic E-state index is 12.7. The van der Waals surface area contributed by atoms with E-state index in [4.69, 9.17) is 9.15 Å². The highest BCUT2D eigenvalue weighted by molar-refractivity contribution is 7.89. The highest BCUT2D eigenvalue weighted by Crippen LogP contribution is 2.25. The second kappa shape index (κ2) is 8.64. The summed E-state index contributed by atoms with van der Waals surface area (Å²) < 4.78 is 37.7. The lowest BCUT2D eigenvalue weighted by atomic mass is 10.2. The summed E-state index contributed by atoms with van der Waals surface area (Å²) in [6.45, 7) is 0.964. The van der Waals surface area contributed by atoms with Gasteiger partial charge in [-0.1, -0.05) is 11.2 Å². The minimum atomic E-state index is -3.67. The van der Waals surface area contributed by atoms with Crippen molar-refractivity contribution in [3.8, 4) is 10.8 Å². The van der Waals surface area contributed by atoms with Crippen LogP contribution in [0.2, 0.25) is 0 Å². The fraction of sp³-hybridized carbons (Fsp3) is 0.316. The second-order valence-corrected chi connectivity index (χ2v) is 9.78. The zero-order valence-electron chi connectivity index (χ0n) is 16.1. The summed E-state index contributed by atoms with van der Waals surface area (Å²) >= 11 is 1.44. The van der Waals surface area contributed by atoms with Crippen molar-refractivity contribution in [1.82, 2.24) is 14.5 Å². The topological polar surface area (TPSA) is 115 Å². The Labute approximate surface area is 177 Å². The molecule has 1 amide bonds. The van der Waals surface area contributed by atoms with Crippen LogP contribution < -0.4 is 5.32 Å². The Hall–Kier alpha value is -2.60. The zero-order chi connectivity index (χ0) is 21.1. The van der Waals surface area contributed by atoms with Gasteiger partial charge in [-0.05, 0) is 48.6 Å². The van der Waals surface area contributed by atoms with E-state index in [9.17, 15) is 13.2 Å². The largest absolute Gasteiger partial charge is 0.402 e. The molecule has 1 aliphatic rings. The Balaban J connectivity index is 1.41. The number of ether oxygens (including phenoxy) is 1. The third kappa shape index (κ3) is 4.43. The number of hydrogen-bond acceptors (Lipinski definition) is 8. The molecular weight excluding hydrogens is 428 g/mol. The van der Waals surface area contributed by atoms with Gasteiger partial charge in [-0.25, -0.2) is 8.42 Å². The minimum absolute atomic E-state index is 0.0311. The van der Waals surface area contributed by atoms with Gasteiger partial charge in [0.05, 0.1) is 15.9 Å². The first kappa shape index (κ1) is 20.7. The van der Waals surface area contributed by atoms with E-state index >= 15 is 0 Å². The van der Waals surface area contributed by atoms with Crippen LogP contribution in [0.1, 0.15) is 23.2 Å². The summed E-state index contributed by atoms with van der Waals surface area (Å²) in [5.74, 6) is -0.163. The molecule has 11 heteroatoms. The van der Waals surface area contributed by atoms with Crippen LogP contribution in [-0.4, -0.2) is 55.1 Å². The van der Waals surface area contributed by atoms with Crippen LogP contribution in [0.4, 0.5) is 6.01 Å². The van der Waals surface area contributed by atoms with E-state index in [-0.39, 0.29) is 22.6 Å². The molecule has 0 bridgehead atoms. The predicted molar refractivity (Wildman–Crippen MR) is 111 cm³/mol. The van der Waals surface area contributed by atoms with E-state index in [2.05, 4.69) is 15.5 Å². The van der Waals surface area contributed by atoms with Gasteiger partial charge in [0.1, 0.15) is 0 Å². The first-order valence-electron chi connectivity index (χ1n) is 9.30. The third-order valence-corrected chi connectivity index (χ3v) is 7.38. The van der Waals surface area contributed by atoms with Crippen molar-refractivity contribution in [2.24, 2.45) is 0 Å². The number of carbonyl (C=O) groups is 1. The van der Waals surface area contributed by atoms with Gasteiger partial charge in [0.15, 0.2) is 0 Å². The van der Waals surface area contributed by atoms with Crippen LogP contribution in [0.15, 0.2) is 51.1 Å². The number of likely N-dealkylation sites (N-methyl/N-ethyl adjacent to an activating group) is 1. The summed E-state index contributed by atoms with van der Waals surface area (Å²) in [7, 11) is -2.14. The molecule has 1 aliphatic heterocycles. The number of aromatic nitrogens is 2. The van der Waals surface area contributed by atoms with Crippen LogP contribution in [0.3, 0.4) is 0 Å². The van der Waals surface area contributed by atoms with Crippen LogP contribution in [0.25, 0.3) is 10.8 Å². The lowest BCUT2D eigenvalue weighted by Gasteiger charge is -2.20. The van der Waals surface area contributed by atoms with Gasteiger partial charge in [0.25, 0.3) is 11.8 Å². The average Bonchev–Trinajstić information content (AvgIpc) is 3.50. The standard InChI is InChI=1S/C19H20N4O5S2/c1-23(12-14-4-2-10-27-14)30(25,26)15-8-6-13(7-9-15)17(24)20-19-22-21-18(28-19)16-5-3-11-29-16/h3,5-9,11,14H,2,4,10,12H2,1H3,(H,20,22,24). The predicted octanol–water partition coefficient (Wildman–Crippen LogP) is 2.85. The Bertz CT molecular complexity index is 1100. The van der Waals surface area contributed by atoms with E-state index in [0.717, 1.165) is 17.7 Å². The van der Waals surface area contributed by atoms with Gasteiger partial charge in [-0.3, -0.25) is 10.1 Å². The minimum Gasteiger partial charge on any atom is -0.402 e. The van der Waals surface area contributed by atoms with Crippen molar-refractivity contribution in [2.75, 3.05) is 25.5 Å². The quantitative estimate of drug-likeness (QED) is 0.591. The van der Waals surface area contributed by atoms with E-state index in [1.165, 1.54) is 47.0 Å². The SMILES string of the molecule is CN(CC1CCCO1)S(=O)(=O)c1ccc(C(=O)Nc2nnc(-c3cccs3)o2)cc1. The van der Waals surface area contributed by atoms with Gasteiger partial charge in [0, 0.05) is 25.8 Å². The summed E-state index contributed by atoms with van der Waals surface area (Å²) in [5.41, 5.74) is 0.270. The maximum Gasteiger partial charge on any atom is 0.322 e. The molecule has 2 aromatic heterocycles. The molecule has 158 valence electrons. The molecule has 0 aliphatic carbocycles. The first-order valence-corrected chi connectivity index (χ1v) is 11.6. The number of anilines is 1. The molecule has 1 saturated heterocycles. The molecule has 1 aromatic carbocycles. The zero-order valence-corrected chi connectivity index (χ0v) is 17.8. The van der Waals surface area contributed by atoms with Crippen LogP contribution in [0.5, 0.6) is 0 Å². The Morgan fingerprint density at radius 3 is 2.73 bits per heavy atom. The van der Waals surface area contributed by atoms with E-state index in [1.807, 2.05) is 17.5 Å². The summed E-state index contributed by atoms with van der Waals surface area (Å²) in [5, 5.41) is 12.1. The molecular formula is C19H20N4O5S2. The van der Waals surface area contributed by atoms with E-state index in [0.29, 0.717) is 19.0 Å². The molecule has 1 unspecified atom stereocenters. The second-order valence-electron chi connectivity index (χ2n) is 6.79. The normalized spacial score (nSPS) is 16.8. The van der Waals surface area contributed by atoms with Gasteiger partial charge in [0.2, 0.25) is 10.0 Å². The highest BCUT2D eigenvalue weighted by atomic mass is 32.2. The number of carbonyl (C=O) groups excluding carboxylic acids is 1. The van der Waals surface area contributed by atoms with E-state index < -0.39 is 15.9 Å². The van der Waals surface area contributed by atoms with Gasteiger partial charge in [-0.15, -0.1) is 16.4 Å². The summed E-state index contributed by atoms with van der Waals surface area (Å²) in [6.07, 6.45) is 1.71. The lowest BCUT2D eigenvalue weighted by Crippen LogP contribution is -2.34. The van der Waals surface area contributed by atoms with Crippen LogP contribution in [-0.2, 0) is 14.8 Å². The highest BCUT2D eigenvalue weighted by Gasteiger charge is 2.26. The molecule has 30 heavy (non-hydrogen) atoms. The molecule has 0 spiro atoms. The number of nitrogens with one attached hydrogen (secondary N) is 1. The lowest BCUT2D eigenvalue weighted by molar-refractivity contribution is 0.0979. The number of rotatable bonds is 7. The molecule has 4 rings (SSSR count). The molecule has 3 heterocycles. The van der Waals surface area contributed by atoms with E-state index in [1.54, 1.807) is 0 Å². The average molecular weight is 449 g/mol. The van der Waals surface area contributed by atoms with Crippen molar-refractivity contribution in [1.29, 1.82) is 0 Å². The number of benzene rings is 1. The molecule has 3 aromatic rings. The van der Waals surface area contributed by atoms with Crippen molar-refractivity contribution < 1.29 is 22.4 Å². The fourth-order valence-electron chi connectivity index (χ4n) is 3.07. The van der Waals surface area contributed by atoms with Crippen molar-refractivity contribution in [3.05, 3.63) is 47.3 Å². The molecule has 0 radical (unpaired) electrons. The van der Waals surface area contributed by atoms with Crippen LogP contribution >= 0.6 is 11.3 Å². The smallest absolute Gasteiger partial charge is 0.322 e.